The number of aromatic amines is 1. The Labute approximate surface area is 128 Å². The zero-order valence-corrected chi connectivity index (χ0v) is 12.1. The predicted octanol–water partition coefficient (Wildman–Crippen LogP) is 3.62. The van der Waals surface area contributed by atoms with Crippen molar-refractivity contribution in [3.05, 3.63) is 65.4 Å². The molecule has 2 aliphatic rings. The number of nitrogens with one attached hydrogen (secondary N) is 2. The quantitative estimate of drug-likeness (QED) is 0.652. The van der Waals surface area contributed by atoms with Gasteiger partial charge in [-0.05, 0) is 36.1 Å². The van der Waals surface area contributed by atoms with Crippen LogP contribution in [0.2, 0.25) is 0 Å². The van der Waals surface area contributed by atoms with E-state index < -0.39 is 0 Å². The van der Waals surface area contributed by atoms with Crippen molar-refractivity contribution in [1.29, 1.82) is 0 Å². The predicted molar refractivity (Wildman–Crippen MR) is 87.0 cm³/mol. The van der Waals surface area contributed by atoms with Crippen molar-refractivity contribution in [2.24, 2.45) is 5.92 Å². The first kappa shape index (κ1) is 12.0. The maximum atomic E-state index is 12.5. The third kappa shape index (κ3) is 1.54. The fourth-order valence-corrected chi connectivity index (χ4v) is 4.15. The molecule has 22 heavy (non-hydrogen) atoms. The molecule has 1 aliphatic carbocycles. The van der Waals surface area contributed by atoms with Gasteiger partial charge in [0, 0.05) is 28.2 Å². The monoisotopic (exact) mass is 288 g/mol. The molecular formula is C19H16N2O. The van der Waals surface area contributed by atoms with Crippen LogP contribution in [0.1, 0.15) is 22.7 Å². The molecule has 1 aromatic heterocycles. The molecule has 3 heteroatoms. The minimum atomic E-state index is 0.0375. The highest BCUT2D eigenvalue weighted by atomic mass is 16.2. The molecule has 2 aromatic carbocycles. The normalized spacial score (nSPS) is 22.6. The lowest BCUT2D eigenvalue weighted by Gasteiger charge is -2.36. The summed E-state index contributed by atoms with van der Waals surface area (Å²) in [6.45, 7) is 0. The summed E-state index contributed by atoms with van der Waals surface area (Å²) in [5.41, 5.74) is 6.07. The van der Waals surface area contributed by atoms with Crippen molar-refractivity contribution in [3.8, 4) is 0 Å². The Bertz CT molecular complexity index is 909. The van der Waals surface area contributed by atoms with Crippen molar-refractivity contribution in [2.45, 2.75) is 18.8 Å². The van der Waals surface area contributed by atoms with E-state index in [4.69, 9.17) is 0 Å². The first-order valence-electron chi connectivity index (χ1n) is 7.79. The number of rotatable bonds is 0. The minimum absolute atomic E-state index is 0.0375. The Hall–Kier alpha value is -2.55. The molecule has 3 nitrogen and oxygen atoms in total. The largest absolute Gasteiger partial charge is 0.358 e. The number of aromatic nitrogens is 1. The molecule has 1 amide bonds. The minimum Gasteiger partial charge on any atom is -0.358 e. The van der Waals surface area contributed by atoms with Crippen LogP contribution < -0.4 is 5.32 Å². The third-order valence-corrected chi connectivity index (χ3v) is 5.19. The van der Waals surface area contributed by atoms with Crippen molar-refractivity contribution in [3.63, 3.8) is 0 Å². The average Bonchev–Trinajstić information content (AvgIpc) is 2.91. The van der Waals surface area contributed by atoms with E-state index in [0.717, 1.165) is 18.5 Å². The van der Waals surface area contributed by atoms with Gasteiger partial charge in [0.15, 0.2) is 0 Å². The van der Waals surface area contributed by atoms with E-state index in [9.17, 15) is 4.79 Å². The first-order chi connectivity index (χ1) is 10.8. The number of anilines is 1. The Morgan fingerprint density at radius 3 is 2.68 bits per heavy atom. The lowest BCUT2D eigenvalue weighted by molar-refractivity contribution is -0.121. The molecule has 0 saturated carbocycles. The zero-order chi connectivity index (χ0) is 14.7. The number of hydrogen-bond donors (Lipinski definition) is 2. The second kappa shape index (κ2) is 4.23. The van der Waals surface area contributed by atoms with E-state index >= 15 is 0 Å². The standard InChI is InChI=1S/C19H16N2O/c22-19-15-10-18-14(12-6-2-3-7-16(12)20-18)9-13(15)11-5-1-4-8-17(11)21-19/h1-8,13,15,20H,9-10H2,(H,21,22)/t13-,15-/m1/s1. The number of carbonyl (C=O) groups excluding carboxylic acids is 1. The van der Waals surface area contributed by atoms with Crippen LogP contribution in [0, 0.1) is 5.92 Å². The van der Waals surface area contributed by atoms with E-state index in [-0.39, 0.29) is 17.7 Å². The highest BCUT2D eigenvalue weighted by molar-refractivity contribution is 5.97. The Morgan fingerprint density at radius 2 is 1.73 bits per heavy atom. The maximum absolute atomic E-state index is 12.5. The van der Waals surface area contributed by atoms with Gasteiger partial charge < -0.3 is 10.3 Å². The Kier molecular flexibility index (Phi) is 2.31. The Balaban J connectivity index is 1.70. The van der Waals surface area contributed by atoms with Crippen molar-refractivity contribution in [2.75, 3.05) is 5.32 Å². The topological polar surface area (TPSA) is 44.9 Å². The summed E-state index contributed by atoms with van der Waals surface area (Å²) in [6, 6.07) is 16.7. The molecule has 2 heterocycles. The van der Waals surface area contributed by atoms with Crippen LogP contribution in [0.4, 0.5) is 5.69 Å². The number of para-hydroxylation sites is 2. The van der Waals surface area contributed by atoms with Gasteiger partial charge in [-0.15, -0.1) is 0 Å². The fourth-order valence-electron chi connectivity index (χ4n) is 4.15. The molecule has 0 unspecified atom stereocenters. The van der Waals surface area contributed by atoms with E-state index in [0.29, 0.717) is 0 Å². The summed E-state index contributed by atoms with van der Waals surface area (Å²) in [4.78, 5) is 16.0. The second-order valence-corrected chi connectivity index (χ2v) is 6.33. The molecule has 2 N–H and O–H groups in total. The summed E-state index contributed by atoms with van der Waals surface area (Å²) < 4.78 is 0. The maximum Gasteiger partial charge on any atom is 0.228 e. The molecule has 0 fully saturated rings. The van der Waals surface area contributed by atoms with Crippen LogP contribution in [0.5, 0.6) is 0 Å². The van der Waals surface area contributed by atoms with Crippen molar-refractivity contribution >= 4 is 22.5 Å². The lowest BCUT2D eigenvalue weighted by atomic mass is 9.71. The van der Waals surface area contributed by atoms with Gasteiger partial charge in [0.1, 0.15) is 0 Å². The van der Waals surface area contributed by atoms with Gasteiger partial charge in [0.05, 0.1) is 5.92 Å². The Morgan fingerprint density at radius 1 is 0.909 bits per heavy atom. The summed E-state index contributed by atoms with van der Waals surface area (Å²) in [5, 5.41) is 4.38. The third-order valence-electron chi connectivity index (χ3n) is 5.19. The molecule has 0 bridgehead atoms. The molecule has 3 aromatic rings. The number of hydrogen-bond acceptors (Lipinski definition) is 1. The van der Waals surface area contributed by atoms with E-state index in [1.54, 1.807) is 0 Å². The van der Waals surface area contributed by atoms with E-state index in [1.807, 2.05) is 12.1 Å². The number of fused-ring (bicyclic) bond motifs is 6. The molecule has 0 spiro atoms. The fraction of sp³-hybridized carbons (Fsp3) is 0.211. The van der Waals surface area contributed by atoms with Gasteiger partial charge in [0.25, 0.3) is 0 Å². The van der Waals surface area contributed by atoms with Gasteiger partial charge in [-0.25, -0.2) is 0 Å². The SMILES string of the molecule is O=C1Nc2ccccc2[C@H]2Cc3c([nH]c4ccccc34)C[C@@H]12. The van der Waals surface area contributed by atoms with Crippen LogP contribution in [0.15, 0.2) is 48.5 Å². The van der Waals surface area contributed by atoms with Crippen LogP contribution in [-0.2, 0) is 17.6 Å². The average molecular weight is 288 g/mol. The summed E-state index contributed by atoms with van der Waals surface area (Å²) in [7, 11) is 0. The van der Waals surface area contributed by atoms with Crippen molar-refractivity contribution in [1.82, 2.24) is 4.98 Å². The number of carbonyl (C=O) groups is 1. The van der Waals surface area contributed by atoms with E-state index in [2.05, 4.69) is 46.7 Å². The molecule has 5 rings (SSSR count). The van der Waals surface area contributed by atoms with Crippen LogP contribution in [-0.4, -0.2) is 10.9 Å². The van der Waals surface area contributed by atoms with Crippen molar-refractivity contribution < 1.29 is 4.79 Å². The summed E-state index contributed by atoms with van der Waals surface area (Å²) in [6.07, 6.45) is 1.74. The van der Waals surface area contributed by atoms with Crippen LogP contribution >= 0.6 is 0 Å². The summed E-state index contributed by atoms with van der Waals surface area (Å²) >= 11 is 0. The molecule has 0 saturated heterocycles. The smallest absolute Gasteiger partial charge is 0.228 e. The molecule has 2 atom stereocenters. The molecule has 1 aliphatic heterocycles. The second-order valence-electron chi connectivity index (χ2n) is 6.33. The highest BCUT2D eigenvalue weighted by Gasteiger charge is 2.40. The number of benzene rings is 2. The first-order valence-corrected chi connectivity index (χ1v) is 7.79. The van der Waals surface area contributed by atoms with Gasteiger partial charge in [-0.2, -0.15) is 0 Å². The molecule has 108 valence electrons. The van der Waals surface area contributed by atoms with Gasteiger partial charge in [-0.1, -0.05) is 36.4 Å². The van der Waals surface area contributed by atoms with Crippen LogP contribution in [0.25, 0.3) is 10.9 Å². The number of H-pyrrole nitrogens is 1. The number of amides is 1. The van der Waals surface area contributed by atoms with E-state index in [1.165, 1.54) is 27.7 Å². The van der Waals surface area contributed by atoms with Gasteiger partial charge in [0.2, 0.25) is 5.91 Å². The zero-order valence-electron chi connectivity index (χ0n) is 12.1. The molecule has 0 radical (unpaired) electrons. The van der Waals surface area contributed by atoms with Gasteiger partial charge >= 0.3 is 0 Å². The van der Waals surface area contributed by atoms with Crippen LogP contribution in [0.3, 0.4) is 0 Å². The van der Waals surface area contributed by atoms with Gasteiger partial charge in [-0.3, -0.25) is 4.79 Å². The highest BCUT2D eigenvalue weighted by Crippen LogP contribution is 2.44. The summed E-state index contributed by atoms with van der Waals surface area (Å²) in [5.74, 6) is 0.486. The molecular weight excluding hydrogens is 272 g/mol. The lowest BCUT2D eigenvalue weighted by Crippen LogP contribution is -2.38.